The first kappa shape index (κ1) is 18.9. The number of benzene rings is 1. The summed E-state index contributed by atoms with van der Waals surface area (Å²) in [6.45, 7) is 13.7. The molecule has 0 radical (unpaired) electrons. The van der Waals surface area contributed by atoms with Gasteiger partial charge in [-0.2, -0.15) is 0 Å². The summed E-state index contributed by atoms with van der Waals surface area (Å²) in [5.74, 6) is 1.56. The van der Waals surface area contributed by atoms with Crippen molar-refractivity contribution in [3.8, 4) is 0 Å². The van der Waals surface area contributed by atoms with Crippen LogP contribution in [0.15, 0.2) is 24.3 Å². The monoisotopic (exact) mass is 304 g/mol. The second-order valence-corrected chi connectivity index (χ2v) is 7.61. The van der Waals surface area contributed by atoms with Crippen LogP contribution in [0.25, 0.3) is 0 Å². The van der Waals surface area contributed by atoms with Gasteiger partial charge in [-0.1, -0.05) is 27.7 Å². The standard InChI is InChI=1S/C20H36N2/c1-15(2)7-9-17(5)21-19-11-13-20(14-12-19)22-18(6)10-8-16(3)4/h11-18,21-22H,7-10H2,1-6H3/t17-,18-/m1/s1. The van der Waals surface area contributed by atoms with Gasteiger partial charge in [-0.25, -0.2) is 0 Å². The average Bonchev–Trinajstić information content (AvgIpc) is 2.45. The highest BCUT2D eigenvalue weighted by atomic mass is 14.9. The van der Waals surface area contributed by atoms with Gasteiger partial charge in [0.1, 0.15) is 0 Å². The lowest BCUT2D eigenvalue weighted by Gasteiger charge is -2.18. The zero-order valence-electron chi connectivity index (χ0n) is 15.4. The van der Waals surface area contributed by atoms with Crippen LogP contribution in [0.3, 0.4) is 0 Å². The molecule has 0 saturated heterocycles. The Bertz CT molecular complexity index is 356. The van der Waals surface area contributed by atoms with E-state index in [0.29, 0.717) is 12.1 Å². The topological polar surface area (TPSA) is 24.1 Å². The zero-order chi connectivity index (χ0) is 16.5. The average molecular weight is 305 g/mol. The smallest absolute Gasteiger partial charge is 0.0343 e. The molecule has 0 aliphatic carbocycles. The van der Waals surface area contributed by atoms with Gasteiger partial charge in [0.25, 0.3) is 0 Å². The molecule has 2 atom stereocenters. The number of hydrogen-bond acceptors (Lipinski definition) is 2. The predicted octanol–water partition coefficient (Wildman–Crippen LogP) is 6.16. The summed E-state index contributed by atoms with van der Waals surface area (Å²) in [4.78, 5) is 0. The van der Waals surface area contributed by atoms with E-state index in [2.05, 4.69) is 76.4 Å². The molecule has 0 aliphatic heterocycles. The van der Waals surface area contributed by atoms with E-state index in [1.54, 1.807) is 0 Å². The van der Waals surface area contributed by atoms with Crippen LogP contribution in [0.4, 0.5) is 11.4 Å². The van der Waals surface area contributed by atoms with Gasteiger partial charge in [0.2, 0.25) is 0 Å². The summed E-state index contributed by atoms with van der Waals surface area (Å²) in [6, 6.07) is 9.80. The Hall–Kier alpha value is -1.18. The molecule has 0 aromatic heterocycles. The Labute approximate surface area is 138 Å². The molecule has 2 heteroatoms. The van der Waals surface area contributed by atoms with Crippen LogP contribution < -0.4 is 10.6 Å². The number of rotatable bonds is 10. The van der Waals surface area contributed by atoms with Gasteiger partial charge < -0.3 is 10.6 Å². The molecule has 0 saturated carbocycles. The lowest BCUT2D eigenvalue weighted by Crippen LogP contribution is -2.17. The molecule has 2 nitrogen and oxygen atoms in total. The SMILES string of the molecule is CC(C)CC[C@@H](C)Nc1ccc(N[C@H](C)CCC(C)C)cc1. The summed E-state index contributed by atoms with van der Waals surface area (Å²) in [5.41, 5.74) is 2.44. The zero-order valence-corrected chi connectivity index (χ0v) is 15.4. The van der Waals surface area contributed by atoms with Crippen molar-refractivity contribution in [2.45, 2.75) is 79.3 Å². The number of anilines is 2. The summed E-state index contributed by atoms with van der Waals surface area (Å²) < 4.78 is 0. The van der Waals surface area contributed by atoms with Crippen LogP contribution in [0.2, 0.25) is 0 Å². The van der Waals surface area contributed by atoms with Crippen LogP contribution in [0, 0.1) is 11.8 Å². The summed E-state index contributed by atoms with van der Waals surface area (Å²) in [5, 5.41) is 7.18. The molecule has 0 spiro atoms. The van der Waals surface area contributed by atoms with Gasteiger partial charge in [0.15, 0.2) is 0 Å². The van der Waals surface area contributed by atoms with E-state index in [0.717, 1.165) is 11.8 Å². The highest BCUT2D eigenvalue weighted by molar-refractivity contribution is 5.54. The molecule has 1 aromatic rings. The Balaban J connectivity index is 2.39. The maximum absolute atomic E-state index is 3.59. The van der Waals surface area contributed by atoms with Crippen LogP contribution in [-0.2, 0) is 0 Å². The third-order valence-corrected chi connectivity index (χ3v) is 4.07. The van der Waals surface area contributed by atoms with Crippen molar-refractivity contribution < 1.29 is 0 Å². The van der Waals surface area contributed by atoms with Crippen molar-refractivity contribution in [2.75, 3.05) is 10.6 Å². The minimum Gasteiger partial charge on any atom is -0.383 e. The minimum atomic E-state index is 0.533. The lowest BCUT2D eigenvalue weighted by molar-refractivity contribution is 0.527. The first-order valence-corrected chi connectivity index (χ1v) is 9.00. The van der Waals surface area contributed by atoms with Crippen LogP contribution in [-0.4, -0.2) is 12.1 Å². The molecule has 0 amide bonds. The minimum absolute atomic E-state index is 0.533. The fraction of sp³-hybridized carbons (Fsp3) is 0.700. The fourth-order valence-electron chi connectivity index (χ4n) is 2.54. The predicted molar refractivity (Wildman–Crippen MR) is 101 cm³/mol. The van der Waals surface area contributed by atoms with Gasteiger partial charge in [0, 0.05) is 23.5 Å². The maximum atomic E-state index is 3.59. The Morgan fingerprint density at radius 3 is 1.18 bits per heavy atom. The molecule has 22 heavy (non-hydrogen) atoms. The molecule has 0 bridgehead atoms. The van der Waals surface area contributed by atoms with E-state index >= 15 is 0 Å². The van der Waals surface area contributed by atoms with Gasteiger partial charge in [0.05, 0.1) is 0 Å². The molecular weight excluding hydrogens is 268 g/mol. The van der Waals surface area contributed by atoms with Crippen molar-refractivity contribution in [1.82, 2.24) is 0 Å². The first-order chi connectivity index (χ1) is 10.4. The van der Waals surface area contributed by atoms with Crippen molar-refractivity contribution in [3.63, 3.8) is 0 Å². The first-order valence-electron chi connectivity index (χ1n) is 9.00. The number of hydrogen-bond donors (Lipinski definition) is 2. The largest absolute Gasteiger partial charge is 0.383 e. The van der Waals surface area contributed by atoms with Gasteiger partial charge >= 0.3 is 0 Å². The highest BCUT2D eigenvalue weighted by Crippen LogP contribution is 2.18. The second-order valence-electron chi connectivity index (χ2n) is 7.61. The molecule has 0 fully saturated rings. The molecule has 2 N–H and O–H groups in total. The van der Waals surface area contributed by atoms with E-state index < -0.39 is 0 Å². The molecule has 0 unspecified atom stereocenters. The Morgan fingerprint density at radius 2 is 0.909 bits per heavy atom. The molecule has 1 aromatic carbocycles. The second kappa shape index (κ2) is 9.76. The Morgan fingerprint density at radius 1 is 0.591 bits per heavy atom. The molecular formula is C20H36N2. The molecule has 1 rings (SSSR count). The van der Waals surface area contributed by atoms with E-state index in [4.69, 9.17) is 0 Å². The summed E-state index contributed by atoms with van der Waals surface area (Å²) in [6.07, 6.45) is 5.01. The maximum Gasteiger partial charge on any atom is 0.0343 e. The summed E-state index contributed by atoms with van der Waals surface area (Å²) in [7, 11) is 0. The molecule has 0 aliphatic rings. The van der Waals surface area contributed by atoms with Crippen molar-refractivity contribution in [1.29, 1.82) is 0 Å². The van der Waals surface area contributed by atoms with Crippen molar-refractivity contribution in [3.05, 3.63) is 24.3 Å². The number of nitrogens with one attached hydrogen (secondary N) is 2. The van der Waals surface area contributed by atoms with Crippen LogP contribution in [0.5, 0.6) is 0 Å². The van der Waals surface area contributed by atoms with Gasteiger partial charge in [-0.05, 0) is 75.6 Å². The lowest BCUT2D eigenvalue weighted by atomic mass is 10.0. The van der Waals surface area contributed by atoms with Crippen molar-refractivity contribution >= 4 is 11.4 Å². The normalized spacial score (nSPS) is 14.2. The third-order valence-electron chi connectivity index (χ3n) is 4.07. The van der Waals surface area contributed by atoms with E-state index in [1.165, 1.54) is 37.1 Å². The summed E-state index contributed by atoms with van der Waals surface area (Å²) >= 11 is 0. The molecule has 126 valence electrons. The third kappa shape index (κ3) is 8.31. The highest BCUT2D eigenvalue weighted by Gasteiger charge is 2.06. The van der Waals surface area contributed by atoms with Crippen LogP contribution in [0.1, 0.15) is 67.2 Å². The quantitative estimate of drug-likeness (QED) is 0.541. The van der Waals surface area contributed by atoms with E-state index in [-0.39, 0.29) is 0 Å². The molecule has 0 heterocycles. The van der Waals surface area contributed by atoms with Gasteiger partial charge in [-0.15, -0.1) is 0 Å². The fourth-order valence-corrected chi connectivity index (χ4v) is 2.54. The van der Waals surface area contributed by atoms with E-state index in [9.17, 15) is 0 Å². The van der Waals surface area contributed by atoms with E-state index in [1.807, 2.05) is 0 Å². The van der Waals surface area contributed by atoms with Gasteiger partial charge in [-0.3, -0.25) is 0 Å². The Kier molecular flexibility index (Phi) is 8.37. The van der Waals surface area contributed by atoms with Crippen molar-refractivity contribution in [2.24, 2.45) is 11.8 Å². The van der Waals surface area contributed by atoms with Crippen LogP contribution >= 0.6 is 0 Å².